The molecule has 3 aromatic rings. The van der Waals surface area contributed by atoms with Crippen LogP contribution in [0.3, 0.4) is 0 Å². The van der Waals surface area contributed by atoms with Gasteiger partial charge in [-0.3, -0.25) is 14.6 Å². The van der Waals surface area contributed by atoms with Crippen LogP contribution in [0, 0.1) is 17.8 Å². The summed E-state index contributed by atoms with van der Waals surface area (Å²) in [5, 5.41) is 10.2. The number of hydrogen-bond donors (Lipinski definition) is 2. The van der Waals surface area contributed by atoms with E-state index >= 15 is 0 Å². The summed E-state index contributed by atoms with van der Waals surface area (Å²) in [7, 11) is -3.21. The molecule has 48 heavy (non-hydrogen) atoms. The summed E-state index contributed by atoms with van der Waals surface area (Å²) >= 11 is 12.7. The van der Waals surface area contributed by atoms with Crippen molar-refractivity contribution in [2.75, 3.05) is 57.0 Å². The van der Waals surface area contributed by atoms with E-state index in [0.29, 0.717) is 58.1 Å². The molecule has 15 heteroatoms. The molecular weight excluding hydrogens is 677 g/mol. The van der Waals surface area contributed by atoms with Crippen molar-refractivity contribution < 1.29 is 23.1 Å². The van der Waals surface area contributed by atoms with Gasteiger partial charge in [0.05, 0.1) is 30.3 Å². The number of nitrogens with one attached hydrogen (secondary N) is 1. The Labute approximate surface area is 291 Å². The number of sulfonamides is 1. The molecule has 1 aliphatic carbocycles. The molecule has 258 valence electrons. The Morgan fingerprint density at radius 2 is 1.62 bits per heavy atom. The van der Waals surface area contributed by atoms with E-state index in [-0.39, 0.29) is 12.0 Å². The first kappa shape index (κ1) is 34.8. The lowest BCUT2D eigenvalue weighted by atomic mass is 10.1. The SMILES string of the molecule is CC(CCN1CCN(c2ncc(Oc3cc(CN4CC[C@@H]5[C@H](CC4)[C@@H]5NS(C)(=O)=O)cc(-c4cc(Cl)cc(Cl)c4)n3)cn2)CC1)C(=O)O. The van der Waals surface area contributed by atoms with E-state index in [2.05, 4.69) is 29.4 Å². The summed E-state index contributed by atoms with van der Waals surface area (Å²) in [6.07, 6.45) is 7.02. The molecule has 6 rings (SSSR count). The Morgan fingerprint density at radius 1 is 0.979 bits per heavy atom. The first-order valence-corrected chi connectivity index (χ1v) is 18.9. The molecular formula is C33H41Cl2N7O5S. The van der Waals surface area contributed by atoms with Crippen LogP contribution in [0.15, 0.2) is 42.7 Å². The number of pyridine rings is 1. The maximum atomic E-state index is 11.7. The van der Waals surface area contributed by atoms with E-state index < -0.39 is 16.0 Å². The minimum atomic E-state index is -3.21. The second-order valence-corrected chi connectivity index (χ2v) is 15.8. The predicted octanol–water partition coefficient (Wildman–Crippen LogP) is 4.63. The van der Waals surface area contributed by atoms with Crippen molar-refractivity contribution in [2.45, 2.75) is 38.8 Å². The Morgan fingerprint density at radius 3 is 2.23 bits per heavy atom. The van der Waals surface area contributed by atoms with Gasteiger partial charge in [0.15, 0.2) is 5.75 Å². The molecule has 0 amide bonds. The molecule has 0 spiro atoms. The van der Waals surface area contributed by atoms with E-state index in [1.165, 1.54) is 6.26 Å². The number of aliphatic carboxylic acids is 1. The third kappa shape index (κ3) is 9.13. The number of piperazine rings is 1. The number of nitrogens with zero attached hydrogens (tertiary/aromatic N) is 6. The van der Waals surface area contributed by atoms with Crippen molar-refractivity contribution >= 4 is 45.1 Å². The van der Waals surface area contributed by atoms with Gasteiger partial charge in [0.25, 0.3) is 0 Å². The maximum absolute atomic E-state index is 11.7. The second-order valence-electron chi connectivity index (χ2n) is 13.1. The normalized spacial score (nSPS) is 22.5. The largest absolute Gasteiger partial charge is 0.481 e. The molecule has 4 atom stereocenters. The standard InChI is InChI=1S/C33H41Cl2N7O5S/c1-21(32(43)44)3-6-40-9-11-42(12-10-40)33-36-18-26(19-37-33)47-30-14-22(13-29(38-30)23-15-24(34)17-25(35)16-23)20-41-7-4-27-28(5-8-41)31(27)39-48(2,45)46/h13-19,21,27-28,31,39H,3-12,20H2,1-2H3,(H,43,44)/t21?,27-,28+,31-. The van der Waals surface area contributed by atoms with Gasteiger partial charge in [-0.15, -0.1) is 0 Å². The van der Waals surface area contributed by atoms with Crippen LogP contribution < -0.4 is 14.4 Å². The zero-order valence-electron chi connectivity index (χ0n) is 27.1. The van der Waals surface area contributed by atoms with Gasteiger partial charge in [-0.05, 0) is 80.6 Å². The molecule has 4 heterocycles. The number of hydrogen-bond acceptors (Lipinski definition) is 10. The number of likely N-dealkylation sites (tertiary alicyclic amines) is 1. The van der Waals surface area contributed by atoms with Gasteiger partial charge >= 0.3 is 5.97 Å². The highest BCUT2D eigenvalue weighted by atomic mass is 35.5. The molecule has 3 aliphatic rings. The fraction of sp³-hybridized carbons (Fsp3) is 0.515. The van der Waals surface area contributed by atoms with Crippen LogP contribution in [0.5, 0.6) is 11.6 Å². The Kier molecular flexibility index (Phi) is 10.7. The number of fused-ring (bicyclic) bond motifs is 1. The molecule has 2 N–H and O–H groups in total. The number of aromatic nitrogens is 3. The monoisotopic (exact) mass is 717 g/mol. The highest BCUT2D eigenvalue weighted by molar-refractivity contribution is 7.88. The van der Waals surface area contributed by atoms with E-state index in [9.17, 15) is 13.2 Å². The van der Waals surface area contributed by atoms with Gasteiger partial charge in [0, 0.05) is 60.4 Å². The van der Waals surface area contributed by atoms with Crippen molar-refractivity contribution in [3.05, 3.63) is 58.3 Å². The molecule has 0 bridgehead atoms. The lowest BCUT2D eigenvalue weighted by Gasteiger charge is -2.34. The van der Waals surface area contributed by atoms with Crippen LogP contribution in [0.1, 0.15) is 31.7 Å². The molecule has 1 saturated carbocycles. The number of carboxylic acid groups (broad SMARTS) is 1. The van der Waals surface area contributed by atoms with Crippen LogP contribution in [-0.2, 0) is 21.4 Å². The first-order valence-electron chi connectivity index (χ1n) is 16.3. The van der Waals surface area contributed by atoms with Crippen LogP contribution in [0.25, 0.3) is 11.3 Å². The molecule has 2 aliphatic heterocycles. The lowest BCUT2D eigenvalue weighted by Crippen LogP contribution is -2.47. The van der Waals surface area contributed by atoms with E-state index in [1.807, 2.05) is 24.3 Å². The van der Waals surface area contributed by atoms with Crippen LogP contribution in [0.2, 0.25) is 10.0 Å². The lowest BCUT2D eigenvalue weighted by molar-refractivity contribution is -0.141. The minimum Gasteiger partial charge on any atom is -0.481 e. The van der Waals surface area contributed by atoms with Gasteiger partial charge in [0.2, 0.25) is 21.9 Å². The quantitative estimate of drug-likeness (QED) is 0.271. The highest BCUT2D eigenvalue weighted by Crippen LogP contribution is 2.46. The summed E-state index contributed by atoms with van der Waals surface area (Å²) in [5.74, 6) is 1.12. The van der Waals surface area contributed by atoms with Crippen LogP contribution in [-0.4, -0.2) is 102 Å². The first-order chi connectivity index (χ1) is 22.9. The van der Waals surface area contributed by atoms with Crippen molar-refractivity contribution in [2.24, 2.45) is 17.8 Å². The molecule has 1 unspecified atom stereocenters. The zero-order chi connectivity index (χ0) is 34.0. The van der Waals surface area contributed by atoms with Crippen molar-refractivity contribution in [1.82, 2.24) is 29.5 Å². The van der Waals surface area contributed by atoms with Gasteiger partial charge in [-0.2, -0.15) is 0 Å². The number of ether oxygens (including phenoxy) is 1. The molecule has 0 radical (unpaired) electrons. The minimum absolute atomic E-state index is 0.0554. The number of carboxylic acids is 1. The van der Waals surface area contributed by atoms with Gasteiger partial charge in [-0.1, -0.05) is 30.1 Å². The number of halogens is 2. The molecule has 2 saturated heterocycles. The van der Waals surface area contributed by atoms with Crippen molar-refractivity contribution in [3.8, 4) is 22.9 Å². The number of benzene rings is 1. The van der Waals surface area contributed by atoms with Crippen LogP contribution >= 0.6 is 23.2 Å². The summed E-state index contributed by atoms with van der Waals surface area (Å²) in [6.45, 7) is 8.05. The second kappa shape index (κ2) is 14.8. The van der Waals surface area contributed by atoms with Gasteiger partial charge in [-0.25, -0.2) is 28.1 Å². The Bertz CT molecular complexity index is 1690. The maximum Gasteiger partial charge on any atom is 0.306 e. The van der Waals surface area contributed by atoms with E-state index in [4.69, 9.17) is 38.0 Å². The fourth-order valence-corrected chi connectivity index (χ4v) is 8.09. The topological polar surface area (TPSA) is 141 Å². The Hall–Kier alpha value is -3.07. The number of carbonyl (C=O) groups is 1. The summed E-state index contributed by atoms with van der Waals surface area (Å²) in [4.78, 5) is 31.8. The van der Waals surface area contributed by atoms with E-state index in [0.717, 1.165) is 69.8 Å². The molecule has 2 aromatic heterocycles. The average Bonchev–Trinajstić information content (AvgIpc) is 3.74. The average molecular weight is 719 g/mol. The van der Waals surface area contributed by atoms with Crippen LogP contribution in [0.4, 0.5) is 5.95 Å². The predicted molar refractivity (Wildman–Crippen MR) is 185 cm³/mol. The summed E-state index contributed by atoms with van der Waals surface area (Å²) in [6, 6.07) is 9.33. The summed E-state index contributed by atoms with van der Waals surface area (Å²) < 4.78 is 32.5. The fourth-order valence-electron chi connectivity index (χ4n) is 6.72. The molecule has 12 nitrogen and oxygen atoms in total. The third-order valence-corrected chi connectivity index (χ3v) is 10.6. The van der Waals surface area contributed by atoms with Gasteiger partial charge < -0.3 is 14.7 Å². The van der Waals surface area contributed by atoms with Crippen molar-refractivity contribution in [3.63, 3.8) is 0 Å². The van der Waals surface area contributed by atoms with E-state index in [1.54, 1.807) is 25.4 Å². The van der Waals surface area contributed by atoms with Crippen molar-refractivity contribution in [1.29, 1.82) is 0 Å². The number of rotatable bonds is 12. The smallest absolute Gasteiger partial charge is 0.306 e. The molecule has 3 fully saturated rings. The molecule has 1 aromatic carbocycles. The summed E-state index contributed by atoms with van der Waals surface area (Å²) in [5.41, 5.74) is 2.46. The Balaban J connectivity index is 1.12. The highest BCUT2D eigenvalue weighted by Gasteiger charge is 2.51. The van der Waals surface area contributed by atoms with Gasteiger partial charge in [0.1, 0.15) is 0 Å². The zero-order valence-corrected chi connectivity index (χ0v) is 29.4. The number of anilines is 1. The third-order valence-electron chi connectivity index (χ3n) is 9.46.